The molecular weight excluding hydrogens is 288 g/mol. The maximum atomic E-state index is 11.7. The minimum atomic E-state index is -1.03. The lowest BCUT2D eigenvalue weighted by Crippen LogP contribution is -2.30. The average Bonchev–Trinajstić information content (AvgIpc) is 2.95. The lowest BCUT2D eigenvalue weighted by molar-refractivity contribution is -0.132. The summed E-state index contributed by atoms with van der Waals surface area (Å²) in [7, 11) is 0. The number of carbonyl (C=O) groups is 1. The Morgan fingerprint density at radius 1 is 0.913 bits per heavy atom. The van der Waals surface area contributed by atoms with Gasteiger partial charge in [-0.15, -0.1) is 0 Å². The molecule has 2 aromatic rings. The van der Waals surface area contributed by atoms with Gasteiger partial charge < -0.3 is 9.84 Å². The van der Waals surface area contributed by atoms with Crippen LogP contribution in [0.3, 0.4) is 0 Å². The van der Waals surface area contributed by atoms with E-state index in [0.717, 1.165) is 22.3 Å². The molecule has 3 heteroatoms. The van der Waals surface area contributed by atoms with Gasteiger partial charge in [-0.05, 0) is 11.1 Å². The van der Waals surface area contributed by atoms with Crippen LogP contribution >= 0.6 is 0 Å². The van der Waals surface area contributed by atoms with Crippen LogP contribution in [0.2, 0.25) is 0 Å². The summed E-state index contributed by atoms with van der Waals surface area (Å²) in [4.78, 5) is 11.7. The highest BCUT2D eigenvalue weighted by Gasteiger charge is 2.41. The molecule has 23 heavy (non-hydrogen) atoms. The lowest BCUT2D eigenvalue weighted by Gasteiger charge is -2.35. The van der Waals surface area contributed by atoms with Gasteiger partial charge in [0.2, 0.25) is 0 Å². The highest BCUT2D eigenvalue weighted by Crippen LogP contribution is 2.48. The van der Waals surface area contributed by atoms with E-state index >= 15 is 0 Å². The van der Waals surface area contributed by atoms with Gasteiger partial charge in [-0.25, -0.2) is 4.79 Å². The van der Waals surface area contributed by atoms with Crippen LogP contribution in [-0.4, -0.2) is 11.1 Å². The van der Waals surface area contributed by atoms with Crippen LogP contribution in [0.25, 0.3) is 5.57 Å². The number of allylic oxidation sites excluding steroid dienone is 1. The van der Waals surface area contributed by atoms with Crippen molar-refractivity contribution in [1.82, 2.24) is 0 Å². The lowest BCUT2D eigenvalue weighted by atomic mass is 9.75. The third-order valence-corrected chi connectivity index (χ3v) is 4.45. The number of hydrogen-bond donors (Lipinski definition) is 1. The van der Waals surface area contributed by atoms with Crippen LogP contribution in [0.4, 0.5) is 0 Å². The first kappa shape index (κ1) is 14.0. The molecule has 2 aliphatic rings. The van der Waals surface area contributed by atoms with E-state index in [9.17, 15) is 9.90 Å². The van der Waals surface area contributed by atoms with Crippen LogP contribution in [0.15, 0.2) is 78.1 Å². The predicted molar refractivity (Wildman–Crippen MR) is 87.1 cm³/mol. The van der Waals surface area contributed by atoms with Crippen LogP contribution in [0, 0.1) is 0 Å². The Balaban J connectivity index is 1.85. The van der Waals surface area contributed by atoms with Gasteiger partial charge in [-0.1, -0.05) is 60.7 Å². The Hall–Kier alpha value is -2.65. The summed E-state index contributed by atoms with van der Waals surface area (Å²) in [5, 5.41) is 11.3. The zero-order valence-electron chi connectivity index (χ0n) is 12.5. The second kappa shape index (κ2) is 5.21. The van der Waals surface area contributed by atoms with Gasteiger partial charge in [0.05, 0.1) is 5.60 Å². The molecule has 4 rings (SSSR count). The fourth-order valence-corrected chi connectivity index (χ4v) is 3.37. The highest BCUT2D eigenvalue weighted by molar-refractivity contribution is 5.92. The zero-order valence-corrected chi connectivity index (χ0v) is 12.5. The van der Waals surface area contributed by atoms with Gasteiger partial charge in [-0.2, -0.15) is 0 Å². The van der Waals surface area contributed by atoms with Crippen molar-refractivity contribution in [2.24, 2.45) is 0 Å². The smallest absolute Gasteiger partial charge is 0.336 e. The third-order valence-electron chi connectivity index (χ3n) is 4.45. The quantitative estimate of drug-likeness (QED) is 0.863. The van der Waals surface area contributed by atoms with Crippen molar-refractivity contribution in [3.05, 3.63) is 89.2 Å². The molecule has 0 spiro atoms. The fraction of sp³-hybridized carbons (Fsp3) is 0.150. The normalized spacial score (nSPS) is 23.3. The molecule has 1 heterocycles. The van der Waals surface area contributed by atoms with E-state index in [0.29, 0.717) is 18.6 Å². The van der Waals surface area contributed by atoms with E-state index in [4.69, 9.17) is 4.74 Å². The number of rotatable bonds is 2. The molecule has 0 fully saturated rings. The molecule has 1 aliphatic heterocycles. The molecule has 0 amide bonds. The van der Waals surface area contributed by atoms with Crippen molar-refractivity contribution in [3.63, 3.8) is 0 Å². The number of fused-ring (bicyclic) bond motifs is 1. The minimum Gasteiger partial charge on any atom is -0.423 e. The molecule has 0 saturated carbocycles. The minimum absolute atomic E-state index is 0.360. The first-order valence-corrected chi connectivity index (χ1v) is 7.65. The van der Waals surface area contributed by atoms with Crippen LogP contribution in [0.1, 0.15) is 24.0 Å². The molecule has 0 aromatic heterocycles. The Labute approximate surface area is 134 Å². The standard InChI is InChI=1S/C20H16O3/c21-18-11-15-12-20(22,16-9-5-2-6-10-16)13-17(19(15)23-18)14-7-3-1-4-8-14/h1-11,22H,12-13H2. The molecule has 1 N–H and O–H groups in total. The number of benzene rings is 2. The topological polar surface area (TPSA) is 46.5 Å². The molecule has 2 aromatic carbocycles. The van der Waals surface area contributed by atoms with Crippen molar-refractivity contribution in [3.8, 4) is 0 Å². The van der Waals surface area contributed by atoms with Gasteiger partial charge in [0.25, 0.3) is 0 Å². The second-order valence-electron chi connectivity index (χ2n) is 6.02. The van der Waals surface area contributed by atoms with Crippen LogP contribution < -0.4 is 0 Å². The first-order valence-electron chi connectivity index (χ1n) is 7.65. The van der Waals surface area contributed by atoms with E-state index in [1.54, 1.807) is 0 Å². The van der Waals surface area contributed by atoms with E-state index < -0.39 is 5.60 Å². The maximum absolute atomic E-state index is 11.7. The van der Waals surface area contributed by atoms with E-state index in [-0.39, 0.29) is 5.97 Å². The van der Waals surface area contributed by atoms with Gasteiger partial charge >= 0.3 is 5.97 Å². The monoisotopic (exact) mass is 304 g/mol. The van der Waals surface area contributed by atoms with E-state index in [1.807, 2.05) is 60.7 Å². The molecular formula is C20H16O3. The van der Waals surface area contributed by atoms with Crippen molar-refractivity contribution in [1.29, 1.82) is 0 Å². The summed E-state index contributed by atoms with van der Waals surface area (Å²) in [5.74, 6) is 0.252. The number of aliphatic hydroxyl groups is 1. The molecule has 1 aliphatic carbocycles. The van der Waals surface area contributed by atoms with Crippen LogP contribution in [0.5, 0.6) is 0 Å². The Morgan fingerprint density at radius 3 is 2.26 bits per heavy atom. The summed E-state index contributed by atoms with van der Waals surface area (Å²) in [5.41, 5.74) is 2.44. The number of esters is 1. The van der Waals surface area contributed by atoms with Gasteiger partial charge in [0, 0.05) is 30.1 Å². The van der Waals surface area contributed by atoms with Gasteiger partial charge in [-0.3, -0.25) is 0 Å². The fourth-order valence-electron chi connectivity index (χ4n) is 3.37. The molecule has 3 nitrogen and oxygen atoms in total. The Kier molecular flexibility index (Phi) is 3.17. The summed E-state index contributed by atoms with van der Waals surface area (Å²) in [6.45, 7) is 0. The first-order chi connectivity index (χ1) is 11.2. The molecule has 1 atom stereocenters. The second-order valence-corrected chi connectivity index (χ2v) is 6.02. The maximum Gasteiger partial charge on any atom is 0.336 e. The van der Waals surface area contributed by atoms with Gasteiger partial charge in [0.1, 0.15) is 5.76 Å². The van der Waals surface area contributed by atoms with Crippen molar-refractivity contribution >= 4 is 11.5 Å². The van der Waals surface area contributed by atoms with Crippen molar-refractivity contribution in [2.45, 2.75) is 18.4 Å². The molecule has 0 bridgehead atoms. The number of ether oxygens (including phenoxy) is 1. The SMILES string of the molecule is O=C1C=C2CC(O)(c3ccccc3)CC(c3ccccc3)=C2O1. The Bertz CT molecular complexity index is 818. The summed E-state index contributed by atoms with van der Waals surface area (Å²) >= 11 is 0. The summed E-state index contributed by atoms with van der Waals surface area (Å²) < 4.78 is 5.40. The molecule has 1 unspecified atom stereocenters. The summed E-state index contributed by atoms with van der Waals surface area (Å²) in [6, 6.07) is 19.4. The highest BCUT2D eigenvalue weighted by atomic mass is 16.5. The van der Waals surface area contributed by atoms with Gasteiger partial charge in [0.15, 0.2) is 0 Å². The van der Waals surface area contributed by atoms with Crippen molar-refractivity contribution < 1.29 is 14.6 Å². The molecule has 0 radical (unpaired) electrons. The Morgan fingerprint density at radius 2 is 1.57 bits per heavy atom. The molecule has 0 saturated heterocycles. The summed E-state index contributed by atoms with van der Waals surface area (Å²) in [6.07, 6.45) is 2.29. The van der Waals surface area contributed by atoms with Crippen LogP contribution in [-0.2, 0) is 15.1 Å². The third kappa shape index (κ3) is 2.39. The number of hydrogen-bond acceptors (Lipinski definition) is 3. The van der Waals surface area contributed by atoms with E-state index in [1.165, 1.54) is 6.08 Å². The molecule has 114 valence electrons. The number of carbonyl (C=O) groups excluding carboxylic acids is 1. The average molecular weight is 304 g/mol. The zero-order chi connectivity index (χ0) is 15.9. The van der Waals surface area contributed by atoms with Crippen molar-refractivity contribution in [2.75, 3.05) is 0 Å². The predicted octanol–water partition coefficient (Wildman–Crippen LogP) is 3.56. The largest absolute Gasteiger partial charge is 0.423 e. The van der Waals surface area contributed by atoms with E-state index in [2.05, 4.69) is 0 Å².